The number of oxazole rings is 1. The Morgan fingerprint density at radius 1 is 0.412 bits per heavy atom. The number of nitrogens with zero attached hydrogens (tertiary/aromatic N) is 1. The van der Waals surface area contributed by atoms with Crippen LogP contribution < -0.4 is 0 Å². The van der Waals surface area contributed by atoms with Gasteiger partial charge in [0.2, 0.25) is 5.89 Å². The van der Waals surface area contributed by atoms with E-state index in [0.29, 0.717) is 5.89 Å². The first-order valence-corrected chi connectivity index (χ1v) is 18.0. The number of rotatable bonds is 2. The molecule has 0 atom stereocenters. The second-order valence-electron chi connectivity index (χ2n) is 16.4. The van der Waals surface area contributed by atoms with E-state index in [1.807, 2.05) is 36.4 Å². The van der Waals surface area contributed by atoms with E-state index in [2.05, 4.69) is 120 Å². The lowest BCUT2D eigenvalue weighted by atomic mass is 9.78. The van der Waals surface area contributed by atoms with Crippen LogP contribution in [-0.4, -0.2) is 4.98 Å². The van der Waals surface area contributed by atoms with Crippen molar-refractivity contribution in [2.45, 2.75) is 57.8 Å². The minimum absolute atomic E-state index is 0.138. The Hall–Kier alpha value is -5.67. The van der Waals surface area contributed by atoms with Gasteiger partial charge < -0.3 is 8.83 Å². The van der Waals surface area contributed by atoms with Crippen LogP contribution in [0.15, 0.2) is 124 Å². The highest BCUT2D eigenvalue weighted by Gasteiger charge is 2.44. The van der Waals surface area contributed by atoms with E-state index in [9.17, 15) is 0 Å². The van der Waals surface area contributed by atoms with Crippen molar-refractivity contribution in [1.29, 1.82) is 0 Å². The van der Waals surface area contributed by atoms with Gasteiger partial charge in [-0.05, 0) is 133 Å². The molecule has 11 rings (SSSR count). The van der Waals surface area contributed by atoms with Crippen molar-refractivity contribution >= 4 is 22.1 Å². The second-order valence-corrected chi connectivity index (χ2v) is 16.4. The maximum absolute atomic E-state index is 6.30. The lowest BCUT2D eigenvalue weighted by molar-refractivity contribution is 0.618. The average molecular weight is 660 g/mol. The summed E-state index contributed by atoms with van der Waals surface area (Å²) >= 11 is 0. The van der Waals surface area contributed by atoms with E-state index >= 15 is 0 Å². The molecule has 3 heteroatoms. The number of aromatic nitrogens is 1. The topological polar surface area (TPSA) is 39.2 Å². The van der Waals surface area contributed by atoms with Gasteiger partial charge in [0.1, 0.15) is 16.9 Å². The molecule has 51 heavy (non-hydrogen) atoms. The van der Waals surface area contributed by atoms with E-state index < -0.39 is 0 Å². The van der Waals surface area contributed by atoms with Gasteiger partial charge in [-0.2, -0.15) is 0 Å². The molecule has 0 amide bonds. The first kappa shape index (κ1) is 29.1. The minimum Gasteiger partial charge on any atom is -0.456 e. The van der Waals surface area contributed by atoms with Crippen molar-refractivity contribution in [3.63, 3.8) is 0 Å². The molecule has 0 spiro atoms. The molecule has 0 aliphatic heterocycles. The van der Waals surface area contributed by atoms with Crippen molar-refractivity contribution in [2.24, 2.45) is 0 Å². The number of furan rings is 1. The summed E-state index contributed by atoms with van der Waals surface area (Å²) in [4.78, 5) is 4.81. The third kappa shape index (κ3) is 3.71. The Bertz CT molecular complexity index is 2580. The van der Waals surface area contributed by atoms with E-state index in [1.54, 1.807) is 0 Å². The molecule has 0 saturated heterocycles. The second kappa shape index (κ2) is 9.35. The third-order valence-electron chi connectivity index (χ3n) is 12.5. The maximum atomic E-state index is 6.30. The number of para-hydroxylation sites is 3. The highest BCUT2D eigenvalue weighted by Crippen LogP contribution is 2.59. The molecule has 3 aliphatic rings. The number of benzene rings is 6. The molecule has 0 radical (unpaired) electrons. The normalized spacial score (nSPS) is 16.5. The van der Waals surface area contributed by atoms with Gasteiger partial charge in [-0.1, -0.05) is 90.1 Å². The fourth-order valence-electron chi connectivity index (χ4n) is 9.59. The first-order valence-electron chi connectivity index (χ1n) is 18.0. The van der Waals surface area contributed by atoms with Crippen LogP contribution in [0, 0.1) is 0 Å². The Labute approximate surface area is 297 Å². The van der Waals surface area contributed by atoms with Crippen LogP contribution in [0.3, 0.4) is 0 Å². The predicted molar refractivity (Wildman–Crippen MR) is 207 cm³/mol. The number of hydrogen-bond donors (Lipinski definition) is 0. The van der Waals surface area contributed by atoms with Crippen LogP contribution in [0.2, 0.25) is 0 Å². The first-order chi connectivity index (χ1) is 24.5. The number of fused-ring (bicyclic) bond motifs is 11. The molecule has 0 saturated carbocycles. The molecule has 3 aliphatic carbocycles. The van der Waals surface area contributed by atoms with Crippen molar-refractivity contribution in [3.8, 4) is 56.2 Å². The Morgan fingerprint density at radius 3 is 1.45 bits per heavy atom. The highest BCUT2D eigenvalue weighted by molar-refractivity contribution is 5.94. The Kier molecular flexibility index (Phi) is 5.34. The van der Waals surface area contributed by atoms with E-state index in [0.717, 1.165) is 39.0 Å². The molecule has 0 unspecified atom stereocenters. The van der Waals surface area contributed by atoms with Crippen LogP contribution in [0.4, 0.5) is 0 Å². The summed E-state index contributed by atoms with van der Waals surface area (Å²) in [5.41, 5.74) is 20.7. The molecule has 0 fully saturated rings. The van der Waals surface area contributed by atoms with E-state index in [1.165, 1.54) is 66.8 Å². The van der Waals surface area contributed by atoms with Crippen LogP contribution in [0.1, 0.15) is 74.9 Å². The molecule has 3 nitrogen and oxygen atoms in total. The van der Waals surface area contributed by atoms with E-state index in [-0.39, 0.29) is 16.2 Å². The summed E-state index contributed by atoms with van der Waals surface area (Å²) in [5.74, 6) is 1.59. The summed E-state index contributed by atoms with van der Waals surface area (Å²) in [6.07, 6.45) is 0. The largest absolute Gasteiger partial charge is 0.456 e. The lowest BCUT2D eigenvalue weighted by Crippen LogP contribution is -2.17. The van der Waals surface area contributed by atoms with Gasteiger partial charge >= 0.3 is 0 Å². The SMILES string of the molecule is CC1(C)c2cc(-c3cc4ccccc4o3)ccc2-c2cc3c(cc21)-c1cc2c(cc1C3(C)C)-c1ccc(-c3nc4ccccc4o3)cc1C2(C)C. The van der Waals surface area contributed by atoms with Gasteiger partial charge in [0.25, 0.3) is 0 Å². The molecule has 0 bridgehead atoms. The van der Waals surface area contributed by atoms with Crippen molar-refractivity contribution < 1.29 is 8.83 Å². The van der Waals surface area contributed by atoms with Crippen LogP contribution in [0.25, 0.3) is 78.2 Å². The molecular weight excluding hydrogens is 623 g/mol. The Balaban J connectivity index is 1.02. The van der Waals surface area contributed by atoms with Gasteiger partial charge in [-0.25, -0.2) is 4.98 Å². The van der Waals surface area contributed by atoms with Gasteiger partial charge in [-0.3, -0.25) is 0 Å². The van der Waals surface area contributed by atoms with Gasteiger partial charge in [-0.15, -0.1) is 0 Å². The minimum atomic E-state index is -0.173. The summed E-state index contributed by atoms with van der Waals surface area (Å²) < 4.78 is 12.5. The lowest BCUT2D eigenvalue weighted by Gasteiger charge is -2.25. The summed E-state index contributed by atoms with van der Waals surface area (Å²) in [5, 5.41) is 1.13. The van der Waals surface area contributed by atoms with Crippen molar-refractivity contribution in [3.05, 3.63) is 149 Å². The predicted octanol–water partition coefficient (Wildman–Crippen LogP) is 12.8. The van der Waals surface area contributed by atoms with Crippen LogP contribution in [-0.2, 0) is 16.2 Å². The zero-order chi connectivity index (χ0) is 34.6. The van der Waals surface area contributed by atoms with Gasteiger partial charge in [0.15, 0.2) is 5.58 Å². The van der Waals surface area contributed by atoms with Crippen molar-refractivity contribution in [2.75, 3.05) is 0 Å². The summed E-state index contributed by atoms with van der Waals surface area (Å²) in [7, 11) is 0. The fourth-order valence-corrected chi connectivity index (χ4v) is 9.59. The zero-order valence-corrected chi connectivity index (χ0v) is 29.7. The third-order valence-corrected chi connectivity index (χ3v) is 12.5. The van der Waals surface area contributed by atoms with Crippen molar-refractivity contribution in [1.82, 2.24) is 4.98 Å². The molecule has 246 valence electrons. The average Bonchev–Trinajstić information content (AvgIpc) is 3.90. The van der Waals surface area contributed by atoms with Crippen LogP contribution in [0.5, 0.6) is 0 Å². The van der Waals surface area contributed by atoms with Gasteiger partial charge in [0.05, 0.1) is 0 Å². The maximum Gasteiger partial charge on any atom is 0.227 e. The fraction of sp³-hybridized carbons (Fsp3) is 0.188. The van der Waals surface area contributed by atoms with Crippen LogP contribution >= 0.6 is 0 Å². The smallest absolute Gasteiger partial charge is 0.227 e. The molecule has 2 heterocycles. The molecule has 2 aromatic heterocycles. The monoisotopic (exact) mass is 659 g/mol. The summed E-state index contributed by atoms with van der Waals surface area (Å²) in [6.45, 7) is 14.3. The molecular formula is C48H37NO2. The molecule has 8 aromatic rings. The Morgan fingerprint density at radius 2 is 0.882 bits per heavy atom. The number of hydrogen-bond acceptors (Lipinski definition) is 3. The highest BCUT2D eigenvalue weighted by atomic mass is 16.3. The zero-order valence-electron chi connectivity index (χ0n) is 29.7. The van der Waals surface area contributed by atoms with Gasteiger partial charge in [0, 0.05) is 32.8 Å². The molecule has 6 aromatic carbocycles. The van der Waals surface area contributed by atoms with E-state index in [4.69, 9.17) is 13.8 Å². The standard InChI is InChI=1S/C48H37NO2/c1-46(2)35-19-27(44-21-26-11-7-9-13-42(26)50-44)15-17-29(35)31-22-39-33(24-37(31)46)34-25-38-32(23-40(34)48(39,5)6)30-18-16-28(20-36(30)47(38,3)4)45-49-41-12-8-10-14-43(41)51-45/h7-25H,1-6H3. The quantitative estimate of drug-likeness (QED) is 0.185. The molecule has 0 N–H and O–H groups in total. The summed E-state index contributed by atoms with van der Waals surface area (Å²) in [6, 6.07) is 42.1.